The van der Waals surface area contributed by atoms with Crippen molar-refractivity contribution in [3.8, 4) is 44.9 Å². The Bertz CT molecular complexity index is 3470. The van der Waals surface area contributed by atoms with Gasteiger partial charge in [-0.1, -0.05) is 178 Å². The first kappa shape index (κ1) is 39.0. The molecule has 0 fully saturated rings. The van der Waals surface area contributed by atoms with Crippen molar-refractivity contribution in [2.45, 2.75) is 24.7 Å². The molecule has 0 atom stereocenters. The smallest absolute Gasteiger partial charge is 0.132 e. The lowest BCUT2D eigenvalue weighted by atomic mass is 9.61. The summed E-state index contributed by atoms with van der Waals surface area (Å²) in [6.07, 6.45) is 0. The molecule has 10 aromatic carbocycles. The highest BCUT2D eigenvalue weighted by Gasteiger charge is 2.51. The third kappa shape index (κ3) is 5.91. The third-order valence-corrected chi connectivity index (χ3v) is 14.5. The number of fused-ring (bicyclic) bond motifs is 11. The molecule has 3 heteroatoms. The second-order valence-corrected chi connectivity index (χ2v) is 18.5. The van der Waals surface area contributed by atoms with Crippen molar-refractivity contribution in [1.82, 2.24) is 0 Å². The van der Waals surface area contributed by atoms with Gasteiger partial charge < -0.3 is 14.5 Å². The van der Waals surface area contributed by atoms with E-state index in [0.717, 1.165) is 67.9 Å². The predicted molar refractivity (Wildman–Crippen MR) is 276 cm³/mol. The fraction of sp³-hybridized carbons (Fsp3) is 0.0625. The molecule has 2 heterocycles. The monoisotopic (exact) mass is 858 g/mol. The van der Waals surface area contributed by atoms with E-state index in [2.05, 4.69) is 266 Å². The number of anilines is 6. The summed E-state index contributed by atoms with van der Waals surface area (Å²) >= 11 is 0. The Hall–Kier alpha value is -8.40. The molecule has 0 amide bonds. The lowest BCUT2D eigenvalue weighted by molar-refractivity contribution is 0.434. The quantitative estimate of drug-likeness (QED) is 0.166. The second kappa shape index (κ2) is 15.1. The number of rotatable bonds is 6. The molecule has 1 spiro atoms. The fourth-order valence-corrected chi connectivity index (χ4v) is 11.4. The van der Waals surface area contributed by atoms with Gasteiger partial charge in [-0.25, -0.2) is 0 Å². The molecular formula is C64H46N2O. The maximum absolute atomic E-state index is 6.73. The van der Waals surface area contributed by atoms with E-state index in [9.17, 15) is 0 Å². The van der Waals surface area contributed by atoms with Gasteiger partial charge in [-0.15, -0.1) is 0 Å². The number of hydrogen-bond acceptors (Lipinski definition) is 3. The van der Waals surface area contributed by atoms with Crippen LogP contribution in [0.4, 0.5) is 34.1 Å². The molecule has 1 aliphatic carbocycles. The van der Waals surface area contributed by atoms with Crippen LogP contribution < -0.4 is 14.5 Å². The summed E-state index contributed by atoms with van der Waals surface area (Å²) < 4.78 is 6.73. The lowest BCUT2D eigenvalue weighted by Gasteiger charge is -2.48. The highest BCUT2D eigenvalue weighted by Crippen LogP contribution is 2.63. The average Bonchev–Trinajstić information content (AvgIpc) is 3.62. The van der Waals surface area contributed by atoms with Crippen molar-refractivity contribution in [2.75, 3.05) is 9.80 Å². The van der Waals surface area contributed by atoms with Crippen LogP contribution in [0.2, 0.25) is 0 Å². The molecular weight excluding hydrogens is 813 g/mol. The molecule has 3 aliphatic rings. The minimum Gasteiger partial charge on any atom is -0.457 e. The largest absolute Gasteiger partial charge is 0.457 e. The number of nitrogens with zero attached hydrogens (tertiary/aromatic N) is 2. The average molecular weight is 859 g/mol. The molecule has 0 aromatic heterocycles. The number of benzene rings is 10. The van der Waals surface area contributed by atoms with E-state index in [1.807, 2.05) is 0 Å². The van der Waals surface area contributed by atoms with Gasteiger partial charge >= 0.3 is 0 Å². The van der Waals surface area contributed by atoms with E-state index in [4.69, 9.17) is 4.74 Å². The van der Waals surface area contributed by atoms with Crippen LogP contribution >= 0.6 is 0 Å². The summed E-state index contributed by atoms with van der Waals surface area (Å²) in [7, 11) is 0. The van der Waals surface area contributed by atoms with E-state index in [1.165, 1.54) is 44.5 Å². The van der Waals surface area contributed by atoms with Gasteiger partial charge in [0.15, 0.2) is 0 Å². The van der Waals surface area contributed by atoms with Crippen LogP contribution in [0.3, 0.4) is 0 Å². The maximum atomic E-state index is 6.73. The van der Waals surface area contributed by atoms with Gasteiger partial charge in [0, 0.05) is 39.3 Å². The van der Waals surface area contributed by atoms with Crippen LogP contribution in [0.1, 0.15) is 47.2 Å². The first-order chi connectivity index (χ1) is 33.0. The molecule has 3 nitrogen and oxygen atoms in total. The predicted octanol–water partition coefficient (Wildman–Crippen LogP) is 17.1. The van der Waals surface area contributed by atoms with Crippen LogP contribution in [-0.2, 0) is 10.8 Å². The fourth-order valence-electron chi connectivity index (χ4n) is 11.4. The summed E-state index contributed by atoms with van der Waals surface area (Å²) in [5, 5.41) is 0. The molecule has 67 heavy (non-hydrogen) atoms. The highest BCUT2D eigenvalue weighted by atomic mass is 16.5. The summed E-state index contributed by atoms with van der Waals surface area (Å²) in [5.74, 6) is 1.75. The van der Waals surface area contributed by atoms with Gasteiger partial charge in [0.05, 0.1) is 16.8 Å². The Morgan fingerprint density at radius 1 is 0.343 bits per heavy atom. The van der Waals surface area contributed by atoms with E-state index < -0.39 is 5.41 Å². The minimum atomic E-state index is -0.650. The van der Waals surface area contributed by atoms with E-state index in [0.29, 0.717) is 0 Å². The number of ether oxygens (including phenoxy) is 1. The molecule has 0 bridgehead atoms. The summed E-state index contributed by atoms with van der Waals surface area (Å²) in [6, 6.07) is 88.6. The molecule has 0 radical (unpaired) electrons. The zero-order valence-corrected chi connectivity index (χ0v) is 37.4. The van der Waals surface area contributed by atoms with Crippen LogP contribution in [0.5, 0.6) is 11.5 Å². The van der Waals surface area contributed by atoms with Crippen LogP contribution in [0.25, 0.3) is 33.4 Å². The Morgan fingerprint density at radius 2 is 0.821 bits per heavy atom. The van der Waals surface area contributed by atoms with Gasteiger partial charge in [0.2, 0.25) is 0 Å². The standard InChI is InChI=1S/C64H46N2O/c1-63(2)53-22-10-9-21-51(53)52-39-38-50(42-57(52)63)65(48-34-29-44(30-35-48)43-17-5-3-6-18-43)49-36-31-45(32-37-49)46-33-40-60-58(41-46)64(54-23-11-14-26-59(54)66(60)47-19-7-4-8-20-47)55-24-12-15-27-61(55)67-62-28-16-13-25-56(62)64/h3-42H,1-2H3. The molecule has 10 aromatic rings. The van der Waals surface area contributed by atoms with Crippen molar-refractivity contribution < 1.29 is 4.74 Å². The molecule has 0 saturated heterocycles. The van der Waals surface area contributed by atoms with E-state index in [-0.39, 0.29) is 5.41 Å². The highest BCUT2D eigenvalue weighted by molar-refractivity contribution is 5.93. The van der Waals surface area contributed by atoms with Crippen LogP contribution in [0, 0.1) is 0 Å². The van der Waals surface area contributed by atoms with E-state index >= 15 is 0 Å². The van der Waals surface area contributed by atoms with Gasteiger partial charge in [-0.3, -0.25) is 0 Å². The normalized spacial score (nSPS) is 14.1. The first-order valence-electron chi connectivity index (χ1n) is 23.2. The zero-order chi connectivity index (χ0) is 44.7. The topological polar surface area (TPSA) is 15.7 Å². The molecule has 0 unspecified atom stereocenters. The molecule has 0 saturated carbocycles. The van der Waals surface area contributed by atoms with Crippen molar-refractivity contribution in [3.63, 3.8) is 0 Å². The number of para-hydroxylation sites is 4. The van der Waals surface area contributed by atoms with Gasteiger partial charge in [0.1, 0.15) is 11.5 Å². The Morgan fingerprint density at radius 3 is 1.49 bits per heavy atom. The number of hydrogen-bond donors (Lipinski definition) is 0. The Kier molecular flexibility index (Phi) is 8.78. The Balaban J connectivity index is 0.974. The first-order valence-corrected chi connectivity index (χ1v) is 23.2. The summed E-state index contributed by atoms with van der Waals surface area (Å²) in [6.45, 7) is 4.71. The third-order valence-electron chi connectivity index (χ3n) is 14.5. The van der Waals surface area contributed by atoms with Crippen LogP contribution in [0.15, 0.2) is 243 Å². The van der Waals surface area contributed by atoms with Crippen molar-refractivity contribution in [2.24, 2.45) is 0 Å². The summed E-state index contributed by atoms with van der Waals surface area (Å²) in [5.41, 5.74) is 20.7. The Labute approximate surface area is 392 Å². The van der Waals surface area contributed by atoms with Crippen molar-refractivity contribution in [3.05, 3.63) is 276 Å². The minimum absolute atomic E-state index is 0.124. The van der Waals surface area contributed by atoms with Gasteiger partial charge in [-0.05, 0) is 134 Å². The van der Waals surface area contributed by atoms with Gasteiger partial charge in [-0.2, -0.15) is 0 Å². The van der Waals surface area contributed by atoms with Crippen molar-refractivity contribution in [1.29, 1.82) is 0 Å². The molecule has 318 valence electrons. The van der Waals surface area contributed by atoms with Crippen LogP contribution in [-0.4, -0.2) is 0 Å². The molecule has 0 N–H and O–H groups in total. The SMILES string of the molecule is CC1(C)c2ccccc2-c2ccc(N(c3ccc(-c4ccccc4)cc3)c3ccc(-c4ccc5c(c4)C4(c6ccccc6Oc6ccccc64)c4ccccc4N5c4ccccc4)cc3)cc21. The van der Waals surface area contributed by atoms with Gasteiger partial charge in [0.25, 0.3) is 0 Å². The van der Waals surface area contributed by atoms with E-state index in [1.54, 1.807) is 0 Å². The summed E-state index contributed by atoms with van der Waals surface area (Å²) in [4.78, 5) is 4.84. The zero-order valence-electron chi connectivity index (χ0n) is 37.4. The maximum Gasteiger partial charge on any atom is 0.132 e. The van der Waals surface area contributed by atoms with Crippen molar-refractivity contribution >= 4 is 34.1 Å². The molecule has 2 aliphatic heterocycles. The molecule has 13 rings (SSSR count). The second-order valence-electron chi connectivity index (χ2n) is 18.5. The lowest BCUT2D eigenvalue weighted by Crippen LogP contribution is -2.39.